The summed E-state index contributed by atoms with van der Waals surface area (Å²) in [6, 6.07) is 1.66. The molecular formula is C13H26N2. The summed E-state index contributed by atoms with van der Waals surface area (Å²) in [5, 5.41) is 3.71. The zero-order valence-corrected chi connectivity index (χ0v) is 10.2. The van der Waals surface area contributed by atoms with Crippen LogP contribution in [0.1, 0.15) is 51.9 Å². The van der Waals surface area contributed by atoms with Gasteiger partial charge in [-0.1, -0.05) is 19.3 Å². The first kappa shape index (κ1) is 11.4. The lowest BCUT2D eigenvalue weighted by Gasteiger charge is -2.33. The summed E-state index contributed by atoms with van der Waals surface area (Å²) in [5.74, 6) is 0. The van der Waals surface area contributed by atoms with Crippen LogP contribution in [0.2, 0.25) is 0 Å². The first-order valence-electron chi connectivity index (χ1n) is 6.83. The molecule has 15 heavy (non-hydrogen) atoms. The first-order chi connectivity index (χ1) is 7.36. The number of rotatable bonds is 4. The van der Waals surface area contributed by atoms with Gasteiger partial charge in [0.1, 0.15) is 0 Å². The van der Waals surface area contributed by atoms with Crippen molar-refractivity contribution in [1.82, 2.24) is 10.2 Å². The summed E-state index contributed by atoms with van der Waals surface area (Å²) in [6.07, 6.45) is 9.96. The van der Waals surface area contributed by atoms with Gasteiger partial charge in [0.15, 0.2) is 0 Å². The van der Waals surface area contributed by atoms with Crippen molar-refractivity contribution in [3.05, 3.63) is 0 Å². The van der Waals surface area contributed by atoms with Gasteiger partial charge in [-0.05, 0) is 39.2 Å². The van der Waals surface area contributed by atoms with E-state index in [9.17, 15) is 0 Å². The van der Waals surface area contributed by atoms with E-state index >= 15 is 0 Å². The minimum atomic E-state index is 0.823. The highest BCUT2D eigenvalue weighted by Crippen LogP contribution is 2.18. The third-order valence-electron chi connectivity index (χ3n) is 4.13. The molecular weight excluding hydrogens is 184 g/mol. The molecule has 2 heteroatoms. The molecule has 0 radical (unpaired) electrons. The number of nitrogens with one attached hydrogen (secondary N) is 1. The Hall–Kier alpha value is -0.0800. The highest BCUT2D eigenvalue weighted by Gasteiger charge is 2.18. The molecule has 0 bridgehead atoms. The molecule has 1 heterocycles. The van der Waals surface area contributed by atoms with Crippen LogP contribution in [-0.4, -0.2) is 36.6 Å². The lowest BCUT2D eigenvalue weighted by Crippen LogP contribution is -2.42. The van der Waals surface area contributed by atoms with Gasteiger partial charge >= 0.3 is 0 Å². The molecule has 88 valence electrons. The summed E-state index contributed by atoms with van der Waals surface area (Å²) in [4.78, 5) is 2.66. The molecule has 0 amide bonds. The van der Waals surface area contributed by atoms with Crippen LogP contribution < -0.4 is 5.32 Å². The zero-order valence-electron chi connectivity index (χ0n) is 10.2. The Morgan fingerprint density at radius 2 is 1.80 bits per heavy atom. The maximum Gasteiger partial charge on any atom is 0.0110 e. The van der Waals surface area contributed by atoms with Crippen LogP contribution in [0.4, 0.5) is 0 Å². The van der Waals surface area contributed by atoms with Crippen LogP contribution in [0.3, 0.4) is 0 Å². The Kier molecular flexibility index (Phi) is 4.45. The standard InChI is InChI=1S/C13H26N2/c1-12-6-4-5-10-15(12)11-9-14-13-7-2-3-8-13/h12-14H,2-11H2,1H3. The third kappa shape index (κ3) is 3.46. The Morgan fingerprint density at radius 1 is 1.07 bits per heavy atom. The van der Waals surface area contributed by atoms with Gasteiger partial charge in [0.05, 0.1) is 0 Å². The quantitative estimate of drug-likeness (QED) is 0.766. The molecule has 2 aliphatic rings. The monoisotopic (exact) mass is 210 g/mol. The molecule has 1 N–H and O–H groups in total. The number of piperidine rings is 1. The van der Waals surface area contributed by atoms with Crippen LogP contribution >= 0.6 is 0 Å². The van der Waals surface area contributed by atoms with E-state index in [-0.39, 0.29) is 0 Å². The average Bonchev–Trinajstić information content (AvgIpc) is 2.74. The first-order valence-corrected chi connectivity index (χ1v) is 6.83. The molecule has 0 aromatic carbocycles. The molecule has 1 unspecified atom stereocenters. The third-order valence-corrected chi connectivity index (χ3v) is 4.13. The molecule has 0 aromatic rings. The smallest absolute Gasteiger partial charge is 0.0110 e. The van der Waals surface area contributed by atoms with E-state index in [4.69, 9.17) is 0 Å². The van der Waals surface area contributed by atoms with Gasteiger partial charge < -0.3 is 5.32 Å². The van der Waals surface area contributed by atoms with Gasteiger partial charge in [0.25, 0.3) is 0 Å². The molecule has 0 aromatic heterocycles. The fourth-order valence-corrected chi connectivity index (χ4v) is 3.03. The molecule has 1 aliphatic heterocycles. The summed E-state index contributed by atoms with van der Waals surface area (Å²) in [7, 11) is 0. The van der Waals surface area contributed by atoms with E-state index in [0.29, 0.717) is 0 Å². The van der Waals surface area contributed by atoms with Crippen LogP contribution in [0.5, 0.6) is 0 Å². The molecule has 2 rings (SSSR count). The van der Waals surface area contributed by atoms with Gasteiger partial charge in [0, 0.05) is 25.2 Å². The van der Waals surface area contributed by atoms with Crippen LogP contribution in [0.15, 0.2) is 0 Å². The highest BCUT2D eigenvalue weighted by atomic mass is 15.2. The van der Waals surface area contributed by atoms with Gasteiger partial charge in [-0.25, -0.2) is 0 Å². The van der Waals surface area contributed by atoms with E-state index in [0.717, 1.165) is 12.1 Å². The summed E-state index contributed by atoms with van der Waals surface area (Å²) in [5.41, 5.74) is 0. The van der Waals surface area contributed by atoms with E-state index < -0.39 is 0 Å². The number of hydrogen-bond donors (Lipinski definition) is 1. The van der Waals surface area contributed by atoms with Crippen molar-refractivity contribution in [3.63, 3.8) is 0 Å². The second-order valence-corrected chi connectivity index (χ2v) is 5.32. The van der Waals surface area contributed by atoms with E-state index in [1.54, 1.807) is 0 Å². The lowest BCUT2D eigenvalue weighted by molar-refractivity contribution is 0.160. The maximum absolute atomic E-state index is 3.71. The molecule has 1 saturated carbocycles. The van der Waals surface area contributed by atoms with Crippen molar-refractivity contribution in [1.29, 1.82) is 0 Å². The van der Waals surface area contributed by atoms with Crippen LogP contribution in [0, 0.1) is 0 Å². The van der Waals surface area contributed by atoms with Crippen LogP contribution in [0.25, 0.3) is 0 Å². The van der Waals surface area contributed by atoms with Crippen molar-refractivity contribution < 1.29 is 0 Å². The minimum absolute atomic E-state index is 0.823. The normalized spacial score (nSPS) is 29.8. The molecule has 1 aliphatic carbocycles. The topological polar surface area (TPSA) is 15.3 Å². The number of hydrogen-bond acceptors (Lipinski definition) is 2. The molecule has 1 saturated heterocycles. The van der Waals surface area contributed by atoms with Crippen molar-refractivity contribution in [2.45, 2.75) is 64.0 Å². The summed E-state index contributed by atoms with van der Waals surface area (Å²) >= 11 is 0. The fourth-order valence-electron chi connectivity index (χ4n) is 3.03. The Labute approximate surface area is 94.4 Å². The molecule has 2 nitrogen and oxygen atoms in total. The van der Waals surface area contributed by atoms with Crippen molar-refractivity contribution in [3.8, 4) is 0 Å². The zero-order chi connectivity index (χ0) is 10.5. The summed E-state index contributed by atoms with van der Waals surface area (Å²) in [6.45, 7) is 6.18. The van der Waals surface area contributed by atoms with Gasteiger partial charge in [-0.2, -0.15) is 0 Å². The molecule has 0 spiro atoms. The van der Waals surface area contributed by atoms with Crippen molar-refractivity contribution in [2.75, 3.05) is 19.6 Å². The number of likely N-dealkylation sites (tertiary alicyclic amines) is 1. The second-order valence-electron chi connectivity index (χ2n) is 5.32. The van der Waals surface area contributed by atoms with E-state index in [2.05, 4.69) is 17.1 Å². The summed E-state index contributed by atoms with van der Waals surface area (Å²) < 4.78 is 0. The lowest BCUT2D eigenvalue weighted by atomic mass is 10.0. The second kappa shape index (κ2) is 5.86. The predicted octanol–water partition coefficient (Wildman–Crippen LogP) is 2.39. The van der Waals surface area contributed by atoms with Crippen LogP contribution in [-0.2, 0) is 0 Å². The number of nitrogens with zero attached hydrogens (tertiary/aromatic N) is 1. The molecule has 2 fully saturated rings. The van der Waals surface area contributed by atoms with E-state index in [1.165, 1.54) is 64.6 Å². The predicted molar refractivity (Wildman–Crippen MR) is 65.1 cm³/mol. The van der Waals surface area contributed by atoms with Gasteiger partial charge in [-0.15, -0.1) is 0 Å². The Bertz CT molecular complexity index is 175. The van der Waals surface area contributed by atoms with E-state index in [1.807, 2.05) is 0 Å². The van der Waals surface area contributed by atoms with Crippen molar-refractivity contribution in [2.24, 2.45) is 0 Å². The highest BCUT2D eigenvalue weighted by molar-refractivity contribution is 4.77. The Balaban J connectivity index is 1.59. The Morgan fingerprint density at radius 3 is 2.53 bits per heavy atom. The maximum atomic E-state index is 3.71. The average molecular weight is 210 g/mol. The van der Waals surface area contributed by atoms with Crippen molar-refractivity contribution >= 4 is 0 Å². The largest absolute Gasteiger partial charge is 0.313 e. The fraction of sp³-hybridized carbons (Fsp3) is 1.00. The minimum Gasteiger partial charge on any atom is -0.313 e. The van der Waals surface area contributed by atoms with Gasteiger partial charge in [-0.3, -0.25) is 4.90 Å². The van der Waals surface area contributed by atoms with Gasteiger partial charge in [0.2, 0.25) is 0 Å². The molecule has 1 atom stereocenters. The SMILES string of the molecule is CC1CCCCN1CCNC1CCCC1.